The molecule has 0 saturated heterocycles. The number of hydrogen-bond acceptors (Lipinski definition) is 5. The lowest BCUT2D eigenvalue weighted by Crippen LogP contribution is -2.72. The molecule has 8 heteroatoms. The highest BCUT2D eigenvalue weighted by Gasteiger charge is 2.46. The molecule has 0 unspecified atom stereocenters. The lowest BCUT2D eigenvalue weighted by atomic mass is 9.59. The maximum absolute atomic E-state index is 9.74. The van der Waals surface area contributed by atoms with Crippen LogP contribution in [0, 0.1) is 5.92 Å². The Hall–Kier alpha value is -1.67. The number of aliphatic hydroxyl groups excluding tert-OH is 2. The van der Waals surface area contributed by atoms with Crippen LogP contribution < -0.4 is 10.8 Å². The number of rotatable bonds is 7. The normalized spacial score (nSPS) is 18.5. The van der Waals surface area contributed by atoms with E-state index in [9.17, 15) is 14.7 Å². The second-order valence-corrected chi connectivity index (χ2v) is 7.83. The first kappa shape index (κ1) is 23.4. The topological polar surface area (TPSA) is 146 Å². The Labute approximate surface area is 163 Å². The summed E-state index contributed by atoms with van der Waals surface area (Å²) in [6.07, 6.45) is 0.419. The molecule has 1 aliphatic carbocycles. The molecular formula is C19H28ClNO6. The molecule has 7 nitrogen and oxygen atoms in total. The fraction of sp³-hybridized carbons (Fsp3) is 0.579. The van der Waals surface area contributed by atoms with Crippen LogP contribution in [0.25, 0.3) is 0 Å². The molecule has 0 heterocycles. The molecule has 1 aromatic rings. The number of carboxylic acid groups (broad SMARTS) is 2. The molecular weight excluding hydrogens is 374 g/mol. The van der Waals surface area contributed by atoms with E-state index in [4.69, 9.17) is 26.9 Å². The summed E-state index contributed by atoms with van der Waals surface area (Å²) in [5.74, 6) is -3.10. The van der Waals surface area contributed by atoms with Gasteiger partial charge < -0.3 is 31.0 Å². The smallest absolute Gasteiger partial charge is 0.335 e. The molecule has 3 atom stereocenters. The fourth-order valence-corrected chi connectivity index (χ4v) is 3.46. The van der Waals surface area contributed by atoms with E-state index in [0.29, 0.717) is 11.5 Å². The first-order valence-electron chi connectivity index (χ1n) is 8.90. The summed E-state index contributed by atoms with van der Waals surface area (Å²) in [6.45, 7) is 4.57. The molecule has 1 fully saturated rings. The number of carbonyl (C=O) groups is 2. The van der Waals surface area contributed by atoms with Crippen molar-refractivity contribution in [3.8, 4) is 0 Å². The van der Waals surface area contributed by atoms with Crippen LogP contribution in [0.15, 0.2) is 24.3 Å². The third-order valence-corrected chi connectivity index (χ3v) is 5.25. The van der Waals surface area contributed by atoms with Crippen molar-refractivity contribution in [2.24, 2.45) is 5.92 Å². The first-order chi connectivity index (χ1) is 12.5. The largest absolute Gasteiger partial charge is 0.547 e. The number of halogens is 1. The summed E-state index contributed by atoms with van der Waals surface area (Å²) in [4.78, 5) is 19.4. The van der Waals surface area contributed by atoms with Crippen LogP contribution in [0.3, 0.4) is 0 Å². The molecule has 0 amide bonds. The van der Waals surface area contributed by atoms with Gasteiger partial charge in [0.15, 0.2) is 6.10 Å². The van der Waals surface area contributed by atoms with E-state index in [0.717, 1.165) is 10.9 Å². The zero-order valence-corrected chi connectivity index (χ0v) is 16.4. The number of aliphatic hydroxyl groups is 2. The maximum atomic E-state index is 9.74. The molecule has 0 bridgehead atoms. The zero-order chi connectivity index (χ0) is 20.8. The minimum Gasteiger partial charge on any atom is -0.547 e. The predicted molar refractivity (Wildman–Crippen MR) is 97.8 cm³/mol. The van der Waals surface area contributed by atoms with E-state index in [1.807, 2.05) is 12.1 Å². The second kappa shape index (κ2) is 10.0. The van der Waals surface area contributed by atoms with E-state index in [1.165, 1.54) is 31.2 Å². The molecule has 2 rings (SSSR count). The zero-order valence-electron chi connectivity index (χ0n) is 15.6. The van der Waals surface area contributed by atoms with Crippen molar-refractivity contribution in [3.05, 3.63) is 34.9 Å². The van der Waals surface area contributed by atoms with Gasteiger partial charge in [-0.1, -0.05) is 44.0 Å². The standard InChI is InChI=1S/C15H22ClN.C4H6O6/c1-11(2)10-14(17)15(8-3-9-15)12-4-6-13(16)7-5-12;5-1(3(7)8)2(6)4(9)10/h4-7,11,14H,3,8-10,17H2,1-2H3;1-2,5-6H,(H,7,8)(H,9,10)/t14-;1-,2-/m10/s1. The quantitative estimate of drug-likeness (QED) is 0.504. The van der Waals surface area contributed by atoms with E-state index in [1.54, 1.807) is 0 Å². The van der Waals surface area contributed by atoms with Crippen LogP contribution in [0.4, 0.5) is 0 Å². The second-order valence-electron chi connectivity index (χ2n) is 7.39. The molecule has 1 saturated carbocycles. The van der Waals surface area contributed by atoms with Gasteiger partial charge in [0.25, 0.3) is 0 Å². The third kappa shape index (κ3) is 6.17. The van der Waals surface area contributed by atoms with Crippen LogP contribution in [-0.2, 0) is 15.0 Å². The highest BCUT2D eigenvalue weighted by atomic mass is 35.5. The van der Waals surface area contributed by atoms with Crippen LogP contribution in [-0.4, -0.2) is 45.5 Å². The van der Waals surface area contributed by atoms with Gasteiger partial charge in [-0.2, -0.15) is 0 Å². The predicted octanol–water partition coefficient (Wildman–Crippen LogP) is -0.0390. The van der Waals surface area contributed by atoms with Gasteiger partial charge in [-0.3, -0.25) is 0 Å². The molecule has 152 valence electrons. The van der Waals surface area contributed by atoms with Gasteiger partial charge in [-0.05, 0) is 36.5 Å². The Bertz CT molecular complexity index is 612. The number of benzene rings is 1. The summed E-state index contributed by atoms with van der Waals surface area (Å²) < 4.78 is 0. The van der Waals surface area contributed by atoms with Crippen LogP contribution in [0.1, 0.15) is 45.1 Å². The van der Waals surface area contributed by atoms with Crippen molar-refractivity contribution >= 4 is 23.5 Å². The Balaban J connectivity index is 0.000000314. The van der Waals surface area contributed by atoms with Crippen molar-refractivity contribution in [3.63, 3.8) is 0 Å². The summed E-state index contributed by atoms with van der Waals surface area (Å²) in [6, 6.07) is 8.94. The van der Waals surface area contributed by atoms with Crippen LogP contribution in [0.2, 0.25) is 5.02 Å². The van der Waals surface area contributed by atoms with Gasteiger partial charge >= 0.3 is 5.97 Å². The van der Waals surface area contributed by atoms with Crippen LogP contribution in [0.5, 0.6) is 0 Å². The summed E-state index contributed by atoms with van der Waals surface area (Å²) in [5, 5.41) is 35.0. The van der Waals surface area contributed by atoms with Crippen molar-refractivity contribution in [1.82, 2.24) is 0 Å². The molecule has 0 spiro atoms. The van der Waals surface area contributed by atoms with Crippen molar-refractivity contribution in [1.29, 1.82) is 0 Å². The molecule has 1 aliphatic rings. The average Bonchev–Trinajstić information content (AvgIpc) is 2.53. The number of aliphatic carboxylic acids is 2. The lowest BCUT2D eigenvalue weighted by molar-refractivity contribution is -0.446. The molecule has 1 aromatic carbocycles. The molecule has 27 heavy (non-hydrogen) atoms. The minimum atomic E-state index is -2.38. The van der Waals surface area contributed by atoms with E-state index in [-0.39, 0.29) is 0 Å². The highest BCUT2D eigenvalue weighted by Crippen LogP contribution is 2.46. The minimum absolute atomic E-state index is 0.328. The average molecular weight is 402 g/mol. The van der Waals surface area contributed by atoms with E-state index >= 15 is 0 Å². The Kier molecular flexibility index (Phi) is 8.68. The lowest BCUT2D eigenvalue weighted by Gasteiger charge is -2.45. The van der Waals surface area contributed by atoms with E-state index in [2.05, 4.69) is 31.7 Å². The summed E-state index contributed by atoms with van der Waals surface area (Å²) in [7, 11) is 0. The number of carboxylic acids is 2. The Morgan fingerprint density at radius 3 is 2.00 bits per heavy atom. The number of hydrogen-bond donors (Lipinski definition) is 4. The molecule has 0 aromatic heterocycles. The highest BCUT2D eigenvalue weighted by molar-refractivity contribution is 6.30. The fourth-order valence-electron chi connectivity index (χ4n) is 3.33. The van der Waals surface area contributed by atoms with E-state index < -0.39 is 24.1 Å². The van der Waals surface area contributed by atoms with Crippen molar-refractivity contribution in [2.75, 3.05) is 0 Å². The van der Waals surface area contributed by atoms with Crippen molar-refractivity contribution in [2.45, 2.75) is 63.2 Å². The van der Waals surface area contributed by atoms with Gasteiger partial charge in [0, 0.05) is 16.9 Å². The Morgan fingerprint density at radius 2 is 1.70 bits per heavy atom. The maximum Gasteiger partial charge on any atom is 0.335 e. The third-order valence-electron chi connectivity index (χ3n) is 5.00. The van der Waals surface area contributed by atoms with Gasteiger partial charge in [0.2, 0.25) is 0 Å². The molecule has 6 N–H and O–H groups in total. The van der Waals surface area contributed by atoms with Gasteiger partial charge in [0.1, 0.15) is 6.10 Å². The van der Waals surface area contributed by atoms with Crippen LogP contribution >= 0.6 is 11.6 Å². The molecule has 0 aliphatic heterocycles. The number of quaternary nitrogens is 1. The molecule has 0 radical (unpaired) electrons. The van der Waals surface area contributed by atoms with Gasteiger partial charge in [-0.25, -0.2) is 4.79 Å². The SMILES string of the molecule is CC(C)C[C@@H]([NH3+])C1(c2ccc(Cl)cc2)CCC1.O=C([O-])[C@@H](O)[C@H](O)C(=O)O. The monoisotopic (exact) mass is 401 g/mol. The Morgan fingerprint density at radius 1 is 1.19 bits per heavy atom. The van der Waals surface area contributed by atoms with Gasteiger partial charge in [-0.15, -0.1) is 0 Å². The summed E-state index contributed by atoms with van der Waals surface area (Å²) >= 11 is 5.97. The summed E-state index contributed by atoms with van der Waals surface area (Å²) in [5.41, 5.74) is 6.21. The van der Waals surface area contributed by atoms with Gasteiger partial charge in [0.05, 0.1) is 12.0 Å². The first-order valence-corrected chi connectivity index (χ1v) is 9.28. The van der Waals surface area contributed by atoms with Crippen molar-refractivity contribution < 1.29 is 35.7 Å². The number of carbonyl (C=O) groups excluding carboxylic acids is 1.